The van der Waals surface area contributed by atoms with Gasteiger partial charge in [0.05, 0.1) is 17.5 Å². The zero-order chi connectivity index (χ0) is 26.3. The van der Waals surface area contributed by atoms with E-state index in [1.165, 1.54) is 24.3 Å². The van der Waals surface area contributed by atoms with E-state index in [1.54, 1.807) is 12.1 Å². The quantitative estimate of drug-likeness (QED) is 0.362. The number of halogens is 4. The van der Waals surface area contributed by atoms with Crippen molar-refractivity contribution in [3.63, 3.8) is 0 Å². The Kier molecular flexibility index (Phi) is 6.84. The Bertz CT molecular complexity index is 1280. The van der Waals surface area contributed by atoms with Crippen LogP contribution in [0.25, 0.3) is 11.1 Å². The lowest BCUT2D eigenvalue weighted by Crippen LogP contribution is -2.37. The topological polar surface area (TPSA) is 40.5 Å². The van der Waals surface area contributed by atoms with Gasteiger partial charge in [0.15, 0.2) is 0 Å². The molecule has 0 spiro atoms. The molecule has 2 unspecified atom stereocenters. The Hall–Kier alpha value is -3.19. The van der Waals surface area contributed by atoms with Crippen molar-refractivity contribution in [3.8, 4) is 11.1 Å². The van der Waals surface area contributed by atoms with E-state index in [2.05, 4.69) is 11.8 Å². The van der Waals surface area contributed by atoms with Crippen LogP contribution in [-0.2, 0) is 17.4 Å². The zero-order valence-corrected chi connectivity index (χ0v) is 20.6. The van der Waals surface area contributed by atoms with E-state index in [9.17, 15) is 27.5 Å². The van der Waals surface area contributed by atoms with Gasteiger partial charge in [0.1, 0.15) is 5.82 Å². The van der Waals surface area contributed by atoms with Crippen LogP contribution in [0.15, 0.2) is 60.7 Å². The summed E-state index contributed by atoms with van der Waals surface area (Å²) in [6.07, 6.45) is -1.31. The molecule has 3 aromatic carbocycles. The molecule has 1 N–H and O–H groups in total. The summed E-state index contributed by atoms with van der Waals surface area (Å²) in [5.41, 5.74) is 4.06. The van der Waals surface area contributed by atoms with Crippen molar-refractivity contribution < 1.29 is 27.5 Å². The smallest absolute Gasteiger partial charge is 0.416 e. The molecule has 1 saturated heterocycles. The third-order valence-corrected chi connectivity index (χ3v) is 7.87. The molecule has 1 aliphatic carbocycles. The second kappa shape index (κ2) is 9.93. The van der Waals surface area contributed by atoms with Crippen molar-refractivity contribution in [2.75, 3.05) is 13.1 Å². The number of carbonyl (C=O) groups is 1. The van der Waals surface area contributed by atoms with Gasteiger partial charge in [-0.1, -0.05) is 37.3 Å². The molecular formula is C30H29F4NO2. The molecule has 7 heteroatoms. The van der Waals surface area contributed by atoms with Crippen LogP contribution in [0.1, 0.15) is 66.0 Å². The normalized spacial score (nSPS) is 19.5. The van der Waals surface area contributed by atoms with Crippen LogP contribution < -0.4 is 0 Å². The Balaban J connectivity index is 1.69. The van der Waals surface area contributed by atoms with Crippen molar-refractivity contribution >= 4 is 5.97 Å². The van der Waals surface area contributed by atoms with E-state index in [1.807, 2.05) is 12.1 Å². The molecule has 1 heterocycles. The third-order valence-electron chi connectivity index (χ3n) is 7.87. The van der Waals surface area contributed by atoms with Gasteiger partial charge in [-0.05, 0) is 108 Å². The van der Waals surface area contributed by atoms with Gasteiger partial charge in [-0.2, -0.15) is 13.2 Å². The lowest BCUT2D eigenvalue weighted by atomic mass is 9.84. The summed E-state index contributed by atoms with van der Waals surface area (Å²) in [6, 6.07) is 15.1. The van der Waals surface area contributed by atoms with E-state index in [0.717, 1.165) is 60.3 Å². The molecule has 2 atom stereocenters. The summed E-state index contributed by atoms with van der Waals surface area (Å²) in [4.78, 5) is 14.3. The van der Waals surface area contributed by atoms with E-state index >= 15 is 0 Å². The number of nitrogens with zero attached hydrogens (tertiary/aromatic N) is 1. The highest BCUT2D eigenvalue weighted by Crippen LogP contribution is 2.44. The maximum Gasteiger partial charge on any atom is 0.416 e. The van der Waals surface area contributed by atoms with Gasteiger partial charge in [0, 0.05) is 0 Å². The molecule has 0 amide bonds. The molecule has 37 heavy (non-hydrogen) atoms. The maximum atomic E-state index is 13.9. The first-order chi connectivity index (χ1) is 17.6. The number of piperidine rings is 1. The van der Waals surface area contributed by atoms with Gasteiger partial charge in [-0.25, -0.2) is 4.39 Å². The maximum absolute atomic E-state index is 13.9. The summed E-state index contributed by atoms with van der Waals surface area (Å²) < 4.78 is 53.7. The van der Waals surface area contributed by atoms with Crippen LogP contribution in [-0.4, -0.2) is 29.1 Å². The van der Waals surface area contributed by atoms with Crippen molar-refractivity contribution in [2.45, 2.75) is 50.7 Å². The van der Waals surface area contributed by atoms with Crippen LogP contribution in [0, 0.1) is 11.7 Å². The van der Waals surface area contributed by atoms with E-state index in [-0.39, 0.29) is 11.9 Å². The number of hydrogen-bond acceptors (Lipinski definition) is 2. The largest absolute Gasteiger partial charge is 0.481 e. The number of rotatable bonds is 5. The average Bonchev–Trinajstić information content (AvgIpc) is 3.29. The molecular weight excluding hydrogens is 482 g/mol. The fourth-order valence-electron chi connectivity index (χ4n) is 5.77. The molecule has 5 rings (SSSR count). The first kappa shape index (κ1) is 25.5. The van der Waals surface area contributed by atoms with Crippen LogP contribution >= 0.6 is 0 Å². The fourth-order valence-corrected chi connectivity index (χ4v) is 5.77. The van der Waals surface area contributed by atoms with Crippen LogP contribution in [0.3, 0.4) is 0 Å². The molecule has 3 nitrogen and oxygen atoms in total. The minimum absolute atomic E-state index is 0.237. The third kappa shape index (κ3) is 5.14. The van der Waals surface area contributed by atoms with Crippen LogP contribution in [0.2, 0.25) is 0 Å². The molecule has 0 bridgehead atoms. The first-order valence-corrected chi connectivity index (χ1v) is 12.7. The van der Waals surface area contributed by atoms with Gasteiger partial charge in [0.25, 0.3) is 0 Å². The van der Waals surface area contributed by atoms with Crippen LogP contribution in [0.5, 0.6) is 0 Å². The van der Waals surface area contributed by atoms with E-state index in [0.29, 0.717) is 29.9 Å². The minimum Gasteiger partial charge on any atom is -0.481 e. The summed E-state index contributed by atoms with van der Waals surface area (Å²) in [5, 5.41) is 9.79. The van der Waals surface area contributed by atoms with Crippen LogP contribution in [0.4, 0.5) is 17.6 Å². The lowest BCUT2D eigenvalue weighted by molar-refractivity contribution is -0.139. The van der Waals surface area contributed by atoms with Gasteiger partial charge >= 0.3 is 12.1 Å². The fraction of sp³-hybridized carbons (Fsp3) is 0.367. The number of carboxylic acids is 1. The predicted molar refractivity (Wildman–Crippen MR) is 134 cm³/mol. The van der Waals surface area contributed by atoms with Gasteiger partial charge in [-0.15, -0.1) is 0 Å². The van der Waals surface area contributed by atoms with E-state index in [4.69, 9.17) is 0 Å². The highest BCUT2D eigenvalue weighted by Gasteiger charge is 2.34. The van der Waals surface area contributed by atoms with Crippen molar-refractivity contribution in [1.82, 2.24) is 4.90 Å². The molecule has 0 aromatic heterocycles. The van der Waals surface area contributed by atoms with Crippen molar-refractivity contribution in [1.29, 1.82) is 0 Å². The molecule has 0 saturated carbocycles. The number of aryl methyl sites for hydroxylation is 1. The second-order valence-corrected chi connectivity index (χ2v) is 10.3. The molecule has 2 aliphatic rings. The Labute approximate surface area is 213 Å². The number of fused-ring (bicyclic) bond motifs is 1. The molecule has 0 radical (unpaired) electrons. The van der Waals surface area contributed by atoms with E-state index < -0.39 is 23.6 Å². The average molecular weight is 512 g/mol. The number of carboxylic acid groups (broad SMARTS) is 1. The number of likely N-dealkylation sites (tertiary alicyclic amines) is 1. The summed E-state index contributed by atoms with van der Waals surface area (Å²) in [5.74, 6) is -1.28. The Morgan fingerprint density at radius 3 is 2.22 bits per heavy atom. The molecule has 1 aliphatic heterocycles. The lowest BCUT2D eigenvalue weighted by Gasteiger charge is -2.38. The van der Waals surface area contributed by atoms with Crippen molar-refractivity contribution in [3.05, 3.63) is 94.3 Å². The second-order valence-electron chi connectivity index (χ2n) is 10.3. The van der Waals surface area contributed by atoms with Gasteiger partial charge < -0.3 is 5.11 Å². The Morgan fingerprint density at radius 1 is 0.973 bits per heavy atom. The predicted octanol–water partition coefficient (Wildman–Crippen LogP) is 7.45. The SMILES string of the molecule is CC1CCN(C(c2ccc(F)cc2)c2cc3c(cc2-c2ccc(C(F)(F)F)cc2)C(C(=O)O)CC3)CC1. The van der Waals surface area contributed by atoms with Gasteiger partial charge in [0.2, 0.25) is 0 Å². The minimum atomic E-state index is -4.45. The van der Waals surface area contributed by atoms with Gasteiger partial charge in [-0.3, -0.25) is 9.69 Å². The highest BCUT2D eigenvalue weighted by atomic mass is 19.4. The number of alkyl halides is 3. The highest BCUT2D eigenvalue weighted by molar-refractivity contribution is 5.80. The number of benzene rings is 3. The standard InChI is InChI=1S/C30H29F4NO2/c1-18-12-14-35(15-13-18)28(20-4-9-23(31)10-5-20)27-16-21-6-11-24(29(36)37)26(21)17-25(27)19-2-7-22(8-3-19)30(32,33)34/h2-5,7-10,16-18,24,28H,6,11-15H2,1H3,(H,36,37). The first-order valence-electron chi connectivity index (χ1n) is 12.7. The summed E-state index contributed by atoms with van der Waals surface area (Å²) in [7, 11) is 0. The summed E-state index contributed by atoms with van der Waals surface area (Å²) >= 11 is 0. The number of hydrogen-bond donors (Lipinski definition) is 1. The molecule has 1 fully saturated rings. The monoisotopic (exact) mass is 511 g/mol. The zero-order valence-electron chi connectivity index (χ0n) is 20.6. The number of aliphatic carboxylic acids is 1. The Morgan fingerprint density at radius 2 is 1.62 bits per heavy atom. The molecule has 3 aromatic rings. The van der Waals surface area contributed by atoms with Crippen molar-refractivity contribution in [2.24, 2.45) is 5.92 Å². The molecule has 194 valence electrons. The summed E-state index contributed by atoms with van der Waals surface area (Å²) in [6.45, 7) is 3.90.